The average molecular weight is 314 g/mol. The second-order valence-corrected chi connectivity index (χ2v) is 7.39. The van der Waals surface area contributed by atoms with E-state index in [9.17, 15) is 13.2 Å². The van der Waals surface area contributed by atoms with Crippen molar-refractivity contribution in [3.8, 4) is 0 Å². The number of hydrogen-bond acceptors (Lipinski definition) is 4. The van der Waals surface area contributed by atoms with E-state index < -0.39 is 10.0 Å². The van der Waals surface area contributed by atoms with Crippen LogP contribution >= 0.6 is 0 Å². The summed E-state index contributed by atoms with van der Waals surface area (Å²) in [7, 11) is -0.605. The lowest BCUT2D eigenvalue weighted by atomic mass is 9.85. The van der Waals surface area contributed by atoms with Crippen molar-refractivity contribution in [1.82, 2.24) is 9.62 Å². The molecule has 0 spiro atoms. The Morgan fingerprint density at radius 1 is 1.33 bits per heavy atom. The molecule has 0 bridgehead atoms. The van der Waals surface area contributed by atoms with Gasteiger partial charge in [-0.05, 0) is 37.9 Å². The minimum atomic E-state index is -3.66. The molecule has 0 aliphatic heterocycles. The van der Waals surface area contributed by atoms with Gasteiger partial charge in [0.25, 0.3) is 15.9 Å². The number of carbonyl (C=O) groups is 1. The molecule has 1 heterocycles. The molecule has 0 radical (unpaired) electrons. The van der Waals surface area contributed by atoms with E-state index in [-0.39, 0.29) is 22.8 Å². The minimum absolute atomic E-state index is 0.0594. The van der Waals surface area contributed by atoms with Gasteiger partial charge in [0.15, 0.2) is 5.76 Å². The number of nitrogens with one attached hydrogen (secondary N) is 1. The second-order valence-electron chi connectivity index (χ2n) is 5.57. The highest BCUT2D eigenvalue weighted by molar-refractivity contribution is 7.89. The molecular weight excluding hydrogens is 292 g/mol. The number of carbonyl (C=O) groups excluding carboxylic acids is 1. The van der Waals surface area contributed by atoms with E-state index >= 15 is 0 Å². The van der Waals surface area contributed by atoms with E-state index in [1.807, 2.05) is 0 Å². The number of furan rings is 1. The Morgan fingerprint density at radius 3 is 2.62 bits per heavy atom. The van der Waals surface area contributed by atoms with E-state index in [2.05, 4.69) is 11.6 Å². The van der Waals surface area contributed by atoms with Crippen molar-refractivity contribution in [3.63, 3.8) is 0 Å². The number of hydrogen-bond donors (Lipinski definition) is 1. The van der Waals surface area contributed by atoms with Gasteiger partial charge >= 0.3 is 0 Å². The highest BCUT2D eigenvalue weighted by atomic mass is 32.2. The highest BCUT2D eigenvalue weighted by Crippen LogP contribution is 2.28. The van der Waals surface area contributed by atoms with E-state index in [0.717, 1.165) is 19.3 Å². The summed E-state index contributed by atoms with van der Waals surface area (Å²) in [6.45, 7) is 2.15. The molecule has 1 amide bonds. The fourth-order valence-electron chi connectivity index (χ4n) is 2.88. The summed E-state index contributed by atoms with van der Waals surface area (Å²) < 4.78 is 30.6. The molecule has 2 rings (SSSR count). The van der Waals surface area contributed by atoms with E-state index in [1.165, 1.54) is 25.6 Å². The summed E-state index contributed by atoms with van der Waals surface area (Å²) in [5.74, 6) is 0.235. The van der Waals surface area contributed by atoms with Crippen LogP contribution in [0.5, 0.6) is 0 Å². The molecule has 1 saturated carbocycles. The van der Waals surface area contributed by atoms with E-state index in [4.69, 9.17) is 4.42 Å². The largest absolute Gasteiger partial charge is 0.438 e. The SMILES string of the molecule is CNS(=O)(=O)c1ccc(C(=O)N(C)[C@@H]2CCCC[C@@H]2C)o1. The Hall–Kier alpha value is -1.34. The Morgan fingerprint density at radius 2 is 2.00 bits per heavy atom. The van der Waals surface area contributed by atoms with E-state index in [0.29, 0.717) is 5.92 Å². The van der Waals surface area contributed by atoms with Crippen LogP contribution in [-0.2, 0) is 10.0 Å². The van der Waals surface area contributed by atoms with Gasteiger partial charge in [0.2, 0.25) is 5.09 Å². The zero-order chi connectivity index (χ0) is 15.6. The average Bonchev–Trinajstić information content (AvgIpc) is 2.97. The fourth-order valence-corrected chi connectivity index (χ4v) is 3.52. The first-order valence-corrected chi connectivity index (χ1v) is 8.65. The lowest BCUT2D eigenvalue weighted by molar-refractivity contribution is 0.0592. The number of amides is 1. The quantitative estimate of drug-likeness (QED) is 0.919. The molecule has 1 aromatic heterocycles. The van der Waals surface area contributed by atoms with Gasteiger partial charge in [-0.15, -0.1) is 0 Å². The van der Waals surface area contributed by atoms with Crippen LogP contribution in [0.3, 0.4) is 0 Å². The van der Waals surface area contributed by atoms with Gasteiger partial charge in [-0.3, -0.25) is 4.79 Å². The lowest BCUT2D eigenvalue weighted by Gasteiger charge is -2.35. The van der Waals surface area contributed by atoms with Gasteiger partial charge in [-0.1, -0.05) is 19.8 Å². The molecule has 2 atom stereocenters. The summed E-state index contributed by atoms with van der Waals surface area (Å²) >= 11 is 0. The number of sulfonamides is 1. The molecule has 6 nitrogen and oxygen atoms in total. The Balaban J connectivity index is 2.16. The summed E-state index contributed by atoms with van der Waals surface area (Å²) in [6.07, 6.45) is 4.40. The van der Waals surface area contributed by atoms with Crippen LogP contribution in [0, 0.1) is 5.92 Å². The third-order valence-electron chi connectivity index (χ3n) is 4.21. The summed E-state index contributed by atoms with van der Waals surface area (Å²) in [4.78, 5) is 14.1. The van der Waals surface area contributed by atoms with Crippen molar-refractivity contribution in [2.45, 2.75) is 43.7 Å². The second kappa shape index (κ2) is 6.19. The number of rotatable bonds is 4. The molecule has 21 heavy (non-hydrogen) atoms. The summed E-state index contributed by atoms with van der Waals surface area (Å²) in [5, 5.41) is -0.238. The topological polar surface area (TPSA) is 79.6 Å². The van der Waals surface area contributed by atoms with Gasteiger partial charge in [-0.2, -0.15) is 0 Å². The third-order valence-corrected chi connectivity index (χ3v) is 5.50. The first-order valence-electron chi connectivity index (χ1n) is 7.17. The van der Waals surface area contributed by atoms with Gasteiger partial charge in [0.05, 0.1) is 0 Å². The van der Waals surface area contributed by atoms with Crippen LogP contribution in [0.25, 0.3) is 0 Å². The first kappa shape index (κ1) is 16.0. The van der Waals surface area contributed by atoms with Crippen LogP contribution in [0.1, 0.15) is 43.2 Å². The zero-order valence-electron chi connectivity index (χ0n) is 12.6. The molecule has 1 aliphatic rings. The molecule has 0 saturated heterocycles. The fraction of sp³-hybridized carbons (Fsp3) is 0.643. The maximum absolute atomic E-state index is 12.4. The molecule has 1 aromatic rings. The van der Waals surface area contributed by atoms with Gasteiger partial charge < -0.3 is 9.32 Å². The van der Waals surface area contributed by atoms with Crippen LogP contribution < -0.4 is 4.72 Å². The lowest BCUT2D eigenvalue weighted by Crippen LogP contribution is -2.42. The minimum Gasteiger partial charge on any atom is -0.438 e. The zero-order valence-corrected chi connectivity index (χ0v) is 13.4. The van der Waals surface area contributed by atoms with Crippen molar-refractivity contribution in [3.05, 3.63) is 17.9 Å². The molecular formula is C14H22N2O4S. The van der Waals surface area contributed by atoms with Gasteiger partial charge in [0.1, 0.15) is 0 Å². The van der Waals surface area contributed by atoms with Crippen molar-refractivity contribution < 1.29 is 17.6 Å². The molecule has 1 N–H and O–H groups in total. The molecule has 0 unspecified atom stereocenters. The Bertz CT molecular complexity index is 608. The molecule has 0 aromatic carbocycles. The van der Waals surface area contributed by atoms with Crippen LogP contribution in [0.4, 0.5) is 0 Å². The molecule has 118 valence electrons. The molecule has 7 heteroatoms. The maximum atomic E-state index is 12.4. The van der Waals surface area contributed by atoms with Crippen molar-refractivity contribution in [2.24, 2.45) is 5.92 Å². The van der Waals surface area contributed by atoms with Crippen molar-refractivity contribution in [1.29, 1.82) is 0 Å². The summed E-state index contributed by atoms with van der Waals surface area (Å²) in [5.41, 5.74) is 0. The van der Waals surface area contributed by atoms with Crippen molar-refractivity contribution in [2.75, 3.05) is 14.1 Å². The standard InChI is InChI=1S/C14H22N2O4S/c1-10-6-4-5-7-11(10)16(3)14(17)12-8-9-13(20-12)21(18,19)15-2/h8-11,15H,4-7H2,1-3H3/t10-,11+/m0/s1. The Labute approximate surface area is 125 Å². The predicted molar refractivity (Wildman–Crippen MR) is 78.5 cm³/mol. The Kier molecular flexibility index (Phi) is 4.73. The first-order chi connectivity index (χ1) is 9.86. The molecule has 1 fully saturated rings. The number of nitrogens with zero attached hydrogens (tertiary/aromatic N) is 1. The smallest absolute Gasteiger partial charge is 0.289 e. The van der Waals surface area contributed by atoms with Crippen LogP contribution in [0.2, 0.25) is 0 Å². The van der Waals surface area contributed by atoms with Gasteiger partial charge in [-0.25, -0.2) is 13.1 Å². The maximum Gasteiger partial charge on any atom is 0.289 e. The monoisotopic (exact) mass is 314 g/mol. The van der Waals surface area contributed by atoms with Crippen LogP contribution in [-0.4, -0.2) is 39.4 Å². The third kappa shape index (κ3) is 3.29. The summed E-state index contributed by atoms with van der Waals surface area (Å²) in [6, 6.07) is 2.90. The normalized spacial score (nSPS) is 23.0. The van der Waals surface area contributed by atoms with Crippen LogP contribution in [0.15, 0.2) is 21.6 Å². The van der Waals surface area contributed by atoms with Gasteiger partial charge in [0, 0.05) is 13.1 Å². The highest BCUT2D eigenvalue weighted by Gasteiger charge is 2.30. The van der Waals surface area contributed by atoms with Crippen molar-refractivity contribution >= 4 is 15.9 Å². The predicted octanol–water partition coefficient (Wildman–Crippen LogP) is 1.84. The molecule has 1 aliphatic carbocycles. The van der Waals surface area contributed by atoms with E-state index in [1.54, 1.807) is 11.9 Å².